The fourth-order valence-corrected chi connectivity index (χ4v) is 1.33. The Bertz CT molecular complexity index is 477. The number of rotatable bonds is 5. The number of carbonyl (C=O) groups is 1. The Hall–Kier alpha value is -2.25. The molecular weight excluding hydrogens is 224 g/mol. The van der Waals surface area contributed by atoms with Gasteiger partial charge in [0.1, 0.15) is 25.3 Å². The van der Waals surface area contributed by atoms with Crippen LogP contribution in [0.25, 0.3) is 0 Å². The first-order chi connectivity index (χ1) is 8.24. The highest BCUT2D eigenvalue weighted by Gasteiger charge is 2.08. The minimum Gasteiger partial charge on any atom is -0.461 e. The third-order valence-corrected chi connectivity index (χ3v) is 2.11. The lowest BCUT2D eigenvalue weighted by Crippen LogP contribution is -2.24. The molecule has 0 fully saturated rings. The quantitative estimate of drug-likeness (QED) is 0.469. The van der Waals surface area contributed by atoms with Crippen molar-refractivity contribution in [1.82, 2.24) is 24.8 Å². The second-order valence-corrected chi connectivity index (χ2v) is 3.54. The number of aryl methyl sites for hydroxylation is 1. The number of esters is 1. The zero-order valence-corrected chi connectivity index (χ0v) is 9.43. The zero-order chi connectivity index (χ0) is 12.1. The fourth-order valence-electron chi connectivity index (χ4n) is 1.33. The molecule has 0 spiro atoms. The van der Waals surface area contributed by atoms with Gasteiger partial charge in [0.05, 0.1) is 13.6 Å². The molecule has 90 valence electrons. The normalized spacial score (nSPS) is 10.4. The molecule has 0 amide bonds. The Morgan fingerprint density at radius 2 is 2.41 bits per heavy atom. The van der Waals surface area contributed by atoms with E-state index < -0.39 is 0 Å². The van der Waals surface area contributed by atoms with Gasteiger partial charge in [0.2, 0.25) is 6.33 Å². The van der Waals surface area contributed by atoms with Gasteiger partial charge in [0, 0.05) is 0 Å². The van der Waals surface area contributed by atoms with E-state index in [0.29, 0.717) is 6.54 Å². The minimum absolute atomic E-state index is 0.205. The minimum atomic E-state index is -0.283. The molecule has 0 aliphatic rings. The lowest BCUT2D eigenvalue weighted by Gasteiger charge is -2.02. The molecule has 0 aliphatic carbocycles. The third-order valence-electron chi connectivity index (χ3n) is 2.11. The van der Waals surface area contributed by atoms with E-state index in [2.05, 4.69) is 15.5 Å². The van der Waals surface area contributed by atoms with Crippen molar-refractivity contribution >= 4 is 5.97 Å². The Kier molecular flexibility index (Phi) is 3.43. The monoisotopic (exact) mass is 237 g/mol. The van der Waals surface area contributed by atoms with Gasteiger partial charge in [-0.25, -0.2) is 18.6 Å². The Balaban J connectivity index is 1.71. The van der Waals surface area contributed by atoms with Gasteiger partial charge >= 0.3 is 5.97 Å². The highest BCUT2D eigenvalue weighted by atomic mass is 16.5. The lowest BCUT2D eigenvalue weighted by molar-refractivity contribution is -0.671. The second-order valence-electron chi connectivity index (χ2n) is 3.54. The van der Waals surface area contributed by atoms with Crippen LogP contribution in [0.3, 0.4) is 0 Å². The van der Waals surface area contributed by atoms with E-state index >= 15 is 0 Å². The Labute approximate surface area is 97.4 Å². The fraction of sp³-hybridized carbons (Fsp3) is 0.444. The Morgan fingerprint density at radius 3 is 3.06 bits per heavy atom. The van der Waals surface area contributed by atoms with E-state index in [4.69, 9.17) is 4.74 Å². The molecule has 0 atom stereocenters. The highest BCUT2D eigenvalue weighted by molar-refractivity contribution is 5.69. The topological polar surface area (TPSA) is 78.7 Å². The molecule has 8 nitrogen and oxygen atoms in total. The lowest BCUT2D eigenvalue weighted by atomic mass is 10.6. The summed E-state index contributed by atoms with van der Waals surface area (Å²) in [6, 6.07) is 0. The number of hydrogen-bond acceptors (Lipinski definition) is 5. The van der Waals surface area contributed by atoms with Gasteiger partial charge in [0.25, 0.3) is 0 Å². The first-order valence-electron chi connectivity index (χ1n) is 5.11. The summed E-state index contributed by atoms with van der Waals surface area (Å²) in [7, 11) is 1.89. The number of carbonyl (C=O) groups excluding carboxylic acids is 1. The van der Waals surface area contributed by atoms with Gasteiger partial charge in [-0.15, -0.1) is 5.10 Å². The molecule has 2 heterocycles. The van der Waals surface area contributed by atoms with Crippen LogP contribution >= 0.6 is 0 Å². The highest BCUT2D eigenvalue weighted by Crippen LogP contribution is 1.89. The molecular formula is C9H13N6O2+. The molecule has 0 saturated heterocycles. The zero-order valence-electron chi connectivity index (χ0n) is 9.43. The van der Waals surface area contributed by atoms with Gasteiger partial charge in [-0.2, -0.15) is 0 Å². The number of imidazole rings is 1. The van der Waals surface area contributed by atoms with Crippen molar-refractivity contribution in [3.05, 3.63) is 25.0 Å². The summed E-state index contributed by atoms with van der Waals surface area (Å²) in [6.45, 7) is 0.923. The first-order valence-corrected chi connectivity index (χ1v) is 5.11. The van der Waals surface area contributed by atoms with Crippen molar-refractivity contribution < 1.29 is 14.1 Å². The number of tetrazole rings is 1. The van der Waals surface area contributed by atoms with Crippen LogP contribution < -0.4 is 4.57 Å². The predicted molar refractivity (Wildman–Crippen MR) is 54.4 cm³/mol. The maximum absolute atomic E-state index is 11.4. The number of hydrogen-bond donors (Lipinski definition) is 0. The summed E-state index contributed by atoms with van der Waals surface area (Å²) in [5.41, 5.74) is 0. The molecule has 0 bridgehead atoms. The summed E-state index contributed by atoms with van der Waals surface area (Å²) in [5.74, 6) is -0.283. The van der Waals surface area contributed by atoms with Gasteiger partial charge < -0.3 is 4.74 Å². The van der Waals surface area contributed by atoms with Crippen molar-refractivity contribution in [2.45, 2.75) is 13.1 Å². The summed E-state index contributed by atoms with van der Waals surface area (Å²) in [4.78, 5) is 11.4. The van der Waals surface area contributed by atoms with Crippen LogP contribution in [0.2, 0.25) is 0 Å². The van der Waals surface area contributed by atoms with Gasteiger partial charge in [-0.05, 0) is 10.4 Å². The largest absolute Gasteiger partial charge is 0.461 e. The van der Waals surface area contributed by atoms with E-state index in [1.165, 1.54) is 11.0 Å². The van der Waals surface area contributed by atoms with Crippen LogP contribution in [0.4, 0.5) is 0 Å². The first kappa shape index (κ1) is 11.2. The van der Waals surface area contributed by atoms with Crippen molar-refractivity contribution in [3.63, 3.8) is 0 Å². The van der Waals surface area contributed by atoms with Crippen molar-refractivity contribution in [3.8, 4) is 0 Å². The van der Waals surface area contributed by atoms with Gasteiger partial charge in [0.15, 0.2) is 6.54 Å². The standard InChI is InChI=1S/C9H13N6O2/c1-13-2-3-14(8-13)6-9(16)17-5-4-15-7-10-11-12-15/h2-3,7-8H,4-6H2,1H3/q+1. The number of ether oxygens (including phenoxy) is 1. The van der Waals surface area contributed by atoms with Crippen LogP contribution in [0.15, 0.2) is 25.0 Å². The molecule has 2 aromatic rings. The van der Waals surface area contributed by atoms with Crippen molar-refractivity contribution in [2.24, 2.45) is 7.05 Å². The molecule has 2 rings (SSSR count). The van der Waals surface area contributed by atoms with Gasteiger partial charge in [-0.3, -0.25) is 0 Å². The average Bonchev–Trinajstić information content (AvgIpc) is 2.90. The Morgan fingerprint density at radius 1 is 1.53 bits per heavy atom. The SMILES string of the molecule is C[n+]1ccn(CC(=O)OCCn2cnnn2)c1. The number of nitrogens with zero attached hydrogens (tertiary/aromatic N) is 6. The van der Waals surface area contributed by atoms with E-state index in [1.54, 1.807) is 4.57 Å². The summed E-state index contributed by atoms with van der Waals surface area (Å²) in [5, 5.41) is 10.6. The molecule has 17 heavy (non-hydrogen) atoms. The van der Waals surface area contributed by atoms with Crippen molar-refractivity contribution in [1.29, 1.82) is 0 Å². The molecule has 8 heteroatoms. The van der Waals surface area contributed by atoms with E-state index in [0.717, 1.165) is 0 Å². The van der Waals surface area contributed by atoms with Crippen LogP contribution in [-0.2, 0) is 29.7 Å². The molecule has 2 aromatic heterocycles. The maximum Gasteiger partial charge on any atom is 0.348 e. The van der Waals surface area contributed by atoms with Crippen LogP contribution in [0, 0.1) is 0 Å². The van der Waals surface area contributed by atoms with Crippen LogP contribution in [-0.4, -0.2) is 37.4 Å². The van der Waals surface area contributed by atoms with Crippen LogP contribution in [0.5, 0.6) is 0 Å². The summed E-state index contributed by atoms with van der Waals surface area (Å²) < 4.78 is 10.2. The van der Waals surface area contributed by atoms with E-state index in [-0.39, 0.29) is 19.1 Å². The number of aromatic nitrogens is 6. The molecule has 0 unspecified atom stereocenters. The maximum atomic E-state index is 11.4. The third kappa shape index (κ3) is 3.37. The van der Waals surface area contributed by atoms with Gasteiger partial charge in [-0.1, -0.05) is 0 Å². The molecule has 0 radical (unpaired) electrons. The molecule has 0 aliphatic heterocycles. The van der Waals surface area contributed by atoms with E-state index in [9.17, 15) is 4.79 Å². The smallest absolute Gasteiger partial charge is 0.348 e. The van der Waals surface area contributed by atoms with E-state index in [1.807, 2.05) is 30.3 Å². The van der Waals surface area contributed by atoms with Crippen molar-refractivity contribution in [2.75, 3.05) is 6.61 Å². The second kappa shape index (κ2) is 5.19. The molecule has 0 aromatic carbocycles. The molecule has 0 saturated carbocycles. The molecule has 0 N–H and O–H groups in total. The predicted octanol–water partition coefficient (Wildman–Crippen LogP) is -1.46. The summed E-state index contributed by atoms with van der Waals surface area (Å²) in [6.07, 6.45) is 6.94. The van der Waals surface area contributed by atoms with Crippen LogP contribution in [0.1, 0.15) is 0 Å². The summed E-state index contributed by atoms with van der Waals surface area (Å²) >= 11 is 0. The average molecular weight is 237 g/mol.